The molecule has 0 heterocycles. The van der Waals surface area contributed by atoms with Crippen molar-refractivity contribution in [2.45, 2.75) is 149 Å². The van der Waals surface area contributed by atoms with Crippen LogP contribution in [0.15, 0.2) is 48.5 Å². The van der Waals surface area contributed by atoms with Crippen LogP contribution in [0.1, 0.15) is 125 Å². The summed E-state index contributed by atoms with van der Waals surface area (Å²) in [5.74, 6) is -2.57. The van der Waals surface area contributed by atoms with Crippen LogP contribution in [-0.2, 0) is 38.1 Å². The zero-order valence-corrected chi connectivity index (χ0v) is 34.0. The average Bonchev–Trinajstić information content (AvgIpc) is 3.34. The fourth-order valence-corrected chi connectivity index (χ4v) is 6.00. The van der Waals surface area contributed by atoms with Crippen molar-refractivity contribution in [3.63, 3.8) is 0 Å². The maximum absolute atomic E-state index is 14.0. The number of hydrogen-bond acceptors (Lipinski definition) is 9. The second kappa shape index (κ2) is 18.3. The molecule has 2 aromatic rings. The van der Waals surface area contributed by atoms with Gasteiger partial charge >= 0.3 is 18.0 Å². The minimum absolute atomic E-state index is 0.00912. The molecular weight excluding hydrogens is 690 g/mol. The number of ether oxygens (including phenoxy) is 4. The second-order valence-electron chi connectivity index (χ2n) is 17.4. The van der Waals surface area contributed by atoms with Gasteiger partial charge in [0.25, 0.3) is 0 Å². The first-order chi connectivity index (χ1) is 24.9. The van der Waals surface area contributed by atoms with Gasteiger partial charge in [-0.05, 0) is 118 Å². The number of carbonyl (C=O) groups is 5. The van der Waals surface area contributed by atoms with E-state index in [0.29, 0.717) is 13.0 Å². The Bertz CT molecular complexity index is 1590. The highest BCUT2D eigenvalue weighted by Gasteiger charge is 2.33. The highest BCUT2D eigenvalue weighted by atomic mass is 16.6. The fraction of sp³-hybridized carbons (Fsp3) is 0.595. The predicted molar refractivity (Wildman–Crippen MR) is 207 cm³/mol. The zero-order valence-electron chi connectivity index (χ0n) is 34.0. The normalized spacial score (nSPS) is 14.2. The number of nitrogens with one attached hydrogen (secondary N) is 3. The SMILES string of the molecule is CC(C)(CCOC(C)(C)C)NC(=O)C(CCC(=O)OC(C)(C)C)NC(=O)[C@H](CCC(=O)OC(C)(C)C)NC(=O)OCC1c2ccccc2-c2ccccc21. The average molecular weight is 752 g/mol. The van der Waals surface area contributed by atoms with Crippen LogP contribution < -0.4 is 16.0 Å². The van der Waals surface area contributed by atoms with Crippen LogP contribution in [0.5, 0.6) is 0 Å². The summed E-state index contributed by atoms with van der Waals surface area (Å²) >= 11 is 0. The third kappa shape index (κ3) is 14.8. The molecule has 0 aliphatic heterocycles. The van der Waals surface area contributed by atoms with E-state index in [1.54, 1.807) is 41.5 Å². The summed E-state index contributed by atoms with van der Waals surface area (Å²) < 4.78 is 22.5. The van der Waals surface area contributed by atoms with Gasteiger partial charge in [0, 0.05) is 30.9 Å². The first-order valence-electron chi connectivity index (χ1n) is 18.7. The summed E-state index contributed by atoms with van der Waals surface area (Å²) in [7, 11) is 0. The molecule has 0 saturated heterocycles. The van der Waals surface area contributed by atoms with Gasteiger partial charge < -0.3 is 34.9 Å². The summed E-state index contributed by atoms with van der Waals surface area (Å²) in [6, 6.07) is 13.4. The molecule has 1 aliphatic rings. The van der Waals surface area contributed by atoms with Crippen LogP contribution >= 0.6 is 0 Å². The number of carbonyl (C=O) groups excluding carboxylic acids is 5. The van der Waals surface area contributed by atoms with E-state index in [0.717, 1.165) is 22.3 Å². The van der Waals surface area contributed by atoms with E-state index in [-0.39, 0.29) is 43.8 Å². The van der Waals surface area contributed by atoms with Crippen molar-refractivity contribution >= 4 is 29.8 Å². The summed E-state index contributed by atoms with van der Waals surface area (Å²) in [6.07, 6.45) is -0.966. The molecule has 0 spiro atoms. The van der Waals surface area contributed by atoms with Crippen LogP contribution in [-0.4, -0.2) is 77.5 Å². The van der Waals surface area contributed by atoms with E-state index in [1.807, 2.05) is 83.1 Å². The second-order valence-corrected chi connectivity index (χ2v) is 17.4. The first kappa shape index (κ1) is 44.0. The van der Waals surface area contributed by atoms with Crippen molar-refractivity contribution in [2.75, 3.05) is 13.2 Å². The van der Waals surface area contributed by atoms with Crippen molar-refractivity contribution in [1.29, 1.82) is 0 Å². The number of alkyl carbamates (subject to hydrolysis) is 1. The molecule has 0 fully saturated rings. The minimum atomic E-state index is -1.28. The third-order valence-corrected chi connectivity index (χ3v) is 8.42. The number of hydrogen-bond donors (Lipinski definition) is 3. The Morgan fingerprint density at radius 3 is 1.56 bits per heavy atom. The molecule has 3 amide bonds. The standard InChI is InChI=1S/C42H61N3O9/c1-39(2,3)52-25-24-42(10,11)45-37(49)33(21-23-35(47)54-41(7,8)9)43-36(48)32(20-22-34(46)53-40(4,5)6)44-38(50)51-26-31-29-18-14-12-16-27(29)28-17-13-15-19-30(28)31/h12-19,31-33H,20-26H2,1-11H3,(H,43,48)(H,44,50)(H,45,49)/t32-,33?/m0/s1. The van der Waals surface area contributed by atoms with Crippen LogP contribution in [0.3, 0.4) is 0 Å². The molecule has 2 aromatic carbocycles. The van der Waals surface area contributed by atoms with E-state index in [1.165, 1.54) is 0 Å². The molecule has 0 radical (unpaired) electrons. The number of fused-ring (bicyclic) bond motifs is 3. The Morgan fingerprint density at radius 1 is 0.630 bits per heavy atom. The molecule has 0 saturated carbocycles. The molecule has 0 aromatic heterocycles. The Kier molecular flexibility index (Phi) is 14.9. The third-order valence-electron chi connectivity index (χ3n) is 8.42. The van der Waals surface area contributed by atoms with Gasteiger partial charge in [0.1, 0.15) is 29.9 Å². The Labute approximate surface area is 320 Å². The first-order valence-corrected chi connectivity index (χ1v) is 18.7. The number of rotatable bonds is 16. The molecule has 3 rings (SSSR count). The number of esters is 2. The van der Waals surface area contributed by atoms with E-state index in [2.05, 4.69) is 16.0 Å². The Hall–Kier alpha value is -4.45. The molecule has 1 unspecified atom stereocenters. The van der Waals surface area contributed by atoms with Crippen LogP contribution in [0.2, 0.25) is 0 Å². The topological polar surface area (TPSA) is 158 Å². The summed E-state index contributed by atoms with van der Waals surface area (Å²) in [4.78, 5) is 66.5. The smallest absolute Gasteiger partial charge is 0.407 e. The molecule has 54 heavy (non-hydrogen) atoms. The molecular formula is C42H61N3O9. The summed E-state index contributed by atoms with van der Waals surface area (Å²) in [6.45, 7) is 20.3. The molecule has 1 aliphatic carbocycles. The summed E-state index contributed by atoms with van der Waals surface area (Å²) in [5.41, 5.74) is 1.59. The van der Waals surface area contributed by atoms with Gasteiger partial charge in [-0.2, -0.15) is 0 Å². The fourth-order valence-electron chi connectivity index (χ4n) is 6.00. The minimum Gasteiger partial charge on any atom is -0.460 e. The lowest BCUT2D eigenvalue weighted by molar-refractivity contribution is -0.156. The molecule has 2 atom stereocenters. The monoisotopic (exact) mass is 751 g/mol. The van der Waals surface area contributed by atoms with E-state index in [4.69, 9.17) is 18.9 Å². The lowest BCUT2D eigenvalue weighted by Gasteiger charge is -2.31. The Morgan fingerprint density at radius 2 is 1.09 bits per heavy atom. The van der Waals surface area contributed by atoms with Crippen molar-refractivity contribution in [2.24, 2.45) is 0 Å². The molecule has 298 valence electrons. The van der Waals surface area contributed by atoms with Crippen molar-refractivity contribution in [1.82, 2.24) is 16.0 Å². The molecule has 12 heteroatoms. The largest absolute Gasteiger partial charge is 0.460 e. The van der Waals surface area contributed by atoms with Crippen LogP contribution in [0, 0.1) is 0 Å². The van der Waals surface area contributed by atoms with Gasteiger partial charge in [-0.25, -0.2) is 4.79 Å². The lowest BCUT2D eigenvalue weighted by Crippen LogP contribution is -2.57. The maximum atomic E-state index is 14.0. The van der Waals surface area contributed by atoms with Gasteiger partial charge in [-0.1, -0.05) is 48.5 Å². The highest BCUT2D eigenvalue weighted by molar-refractivity contribution is 5.92. The summed E-state index contributed by atoms with van der Waals surface area (Å²) in [5, 5.41) is 8.31. The van der Waals surface area contributed by atoms with Gasteiger partial charge in [0.2, 0.25) is 11.8 Å². The highest BCUT2D eigenvalue weighted by Crippen LogP contribution is 2.44. The molecule has 0 bridgehead atoms. The van der Waals surface area contributed by atoms with Gasteiger partial charge in [-0.3, -0.25) is 19.2 Å². The van der Waals surface area contributed by atoms with Crippen LogP contribution in [0.4, 0.5) is 4.79 Å². The van der Waals surface area contributed by atoms with Gasteiger partial charge in [-0.15, -0.1) is 0 Å². The van der Waals surface area contributed by atoms with E-state index in [9.17, 15) is 24.0 Å². The van der Waals surface area contributed by atoms with Crippen LogP contribution in [0.25, 0.3) is 11.1 Å². The van der Waals surface area contributed by atoms with Crippen molar-refractivity contribution in [3.05, 3.63) is 59.7 Å². The van der Waals surface area contributed by atoms with Gasteiger partial charge in [0.15, 0.2) is 0 Å². The van der Waals surface area contributed by atoms with Crippen molar-refractivity contribution < 1.29 is 42.9 Å². The number of benzene rings is 2. The van der Waals surface area contributed by atoms with E-state index >= 15 is 0 Å². The Balaban J connectivity index is 1.79. The van der Waals surface area contributed by atoms with E-state index < -0.39 is 58.7 Å². The maximum Gasteiger partial charge on any atom is 0.407 e. The predicted octanol–water partition coefficient (Wildman–Crippen LogP) is 6.72. The molecule has 12 nitrogen and oxygen atoms in total. The zero-order chi connectivity index (χ0) is 40.5. The quantitative estimate of drug-likeness (QED) is 0.125. The van der Waals surface area contributed by atoms with Gasteiger partial charge in [0.05, 0.1) is 5.60 Å². The lowest BCUT2D eigenvalue weighted by atomic mass is 9.98. The number of amides is 3. The molecule has 3 N–H and O–H groups in total. The van der Waals surface area contributed by atoms with Crippen molar-refractivity contribution in [3.8, 4) is 11.1 Å².